The van der Waals surface area contributed by atoms with Crippen LogP contribution in [-0.2, 0) is 4.79 Å². The highest BCUT2D eigenvalue weighted by atomic mass is 32.2. The SMILES string of the molecule is O=C(O)/C=C/c1cccc(C(=O)NCC2CCSC2)c1. The lowest BCUT2D eigenvalue weighted by Gasteiger charge is -2.10. The predicted molar refractivity (Wildman–Crippen MR) is 80.9 cm³/mol. The van der Waals surface area contributed by atoms with Gasteiger partial charge in [-0.2, -0.15) is 11.8 Å². The van der Waals surface area contributed by atoms with Crippen molar-refractivity contribution in [2.24, 2.45) is 5.92 Å². The zero-order valence-corrected chi connectivity index (χ0v) is 11.9. The van der Waals surface area contributed by atoms with Gasteiger partial charge in [-0.1, -0.05) is 12.1 Å². The molecule has 1 aliphatic heterocycles. The van der Waals surface area contributed by atoms with Gasteiger partial charge in [-0.05, 0) is 47.6 Å². The molecular formula is C15H17NO3S. The summed E-state index contributed by atoms with van der Waals surface area (Å²) in [5.74, 6) is 1.75. The van der Waals surface area contributed by atoms with Gasteiger partial charge in [0.05, 0.1) is 0 Å². The second kappa shape index (κ2) is 7.14. The molecule has 0 radical (unpaired) electrons. The van der Waals surface area contributed by atoms with Crippen molar-refractivity contribution < 1.29 is 14.7 Å². The maximum Gasteiger partial charge on any atom is 0.328 e. The van der Waals surface area contributed by atoms with Gasteiger partial charge < -0.3 is 10.4 Å². The van der Waals surface area contributed by atoms with Crippen LogP contribution in [-0.4, -0.2) is 35.0 Å². The first-order valence-electron chi connectivity index (χ1n) is 6.52. The predicted octanol–water partition coefficient (Wildman–Crippen LogP) is 2.27. The Morgan fingerprint density at radius 3 is 3.00 bits per heavy atom. The Kier molecular flexibility index (Phi) is 5.24. The highest BCUT2D eigenvalue weighted by molar-refractivity contribution is 7.99. The zero-order chi connectivity index (χ0) is 14.4. The molecule has 2 N–H and O–H groups in total. The van der Waals surface area contributed by atoms with E-state index < -0.39 is 5.97 Å². The zero-order valence-electron chi connectivity index (χ0n) is 11.0. The first-order valence-corrected chi connectivity index (χ1v) is 7.67. The van der Waals surface area contributed by atoms with Crippen molar-refractivity contribution in [2.75, 3.05) is 18.1 Å². The number of benzene rings is 1. The van der Waals surface area contributed by atoms with Crippen molar-refractivity contribution in [3.8, 4) is 0 Å². The molecule has 1 aliphatic rings. The summed E-state index contributed by atoms with van der Waals surface area (Å²) in [6.45, 7) is 0.709. The molecule has 4 nitrogen and oxygen atoms in total. The van der Waals surface area contributed by atoms with Crippen LogP contribution >= 0.6 is 11.8 Å². The summed E-state index contributed by atoms with van der Waals surface area (Å²) in [5, 5.41) is 11.5. The van der Waals surface area contributed by atoms with Crippen molar-refractivity contribution in [3.63, 3.8) is 0 Å². The van der Waals surface area contributed by atoms with E-state index in [0.717, 1.165) is 18.2 Å². The van der Waals surface area contributed by atoms with Gasteiger partial charge in [0.15, 0.2) is 0 Å². The van der Waals surface area contributed by atoms with Gasteiger partial charge >= 0.3 is 5.97 Å². The second-order valence-corrected chi connectivity index (χ2v) is 5.89. The van der Waals surface area contributed by atoms with Crippen LogP contribution in [0.3, 0.4) is 0 Å². The number of hydrogen-bond donors (Lipinski definition) is 2. The minimum absolute atomic E-state index is 0.104. The molecule has 1 aromatic carbocycles. The van der Waals surface area contributed by atoms with E-state index in [-0.39, 0.29) is 5.91 Å². The summed E-state index contributed by atoms with van der Waals surface area (Å²) in [6, 6.07) is 6.95. The summed E-state index contributed by atoms with van der Waals surface area (Å²) >= 11 is 1.93. The Bertz CT molecular complexity index is 522. The molecule has 0 aromatic heterocycles. The molecule has 0 saturated carbocycles. The molecule has 20 heavy (non-hydrogen) atoms. The molecule has 0 spiro atoms. The maximum atomic E-state index is 12.0. The van der Waals surface area contributed by atoms with Crippen LogP contribution in [0.15, 0.2) is 30.3 Å². The Balaban J connectivity index is 1.95. The molecule has 1 aromatic rings. The fraction of sp³-hybridized carbons (Fsp3) is 0.333. The van der Waals surface area contributed by atoms with Crippen LogP contribution in [0.5, 0.6) is 0 Å². The number of carbonyl (C=O) groups is 2. The van der Waals surface area contributed by atoms with Crippen molar-refractivity contribution in [3.05, 3.63) is 41.5 Å². The third-order valence-corrected chi connectivity index (χ3v) is 4.37. The van der Waals surface area contributed by atoms with E-state index in [4.69, 9.17) is 5.11 Å². The topological polar surface area (TPSA) is 66.4 Å². The largest absolute Gasteiger partial charge is 0.478 e. The summed E-state index contributed by atoms with van der Waals surface area (Å²) in [6.07, 6.45) is 3.70. The number of carbonyl (C=O) groups excluding carboxylic acids is 1. The van der Waals surface area contributed by atoms with Gasteiger partial charge in [-0.15, -0.1) is 0 Å². The lowest BCUT2D eigenvalue weighted by atomic mass is 10.1. The fourth-order valence-corrected chi connectivity index (χ4v) is 3.32. The molecular weight excluding hydrogens is 274 g/mol. The molecule has 0 bridgehead atoms. The second-order valence-electron chi connectivity index (χ2n) is 4.74. The summed E-state index contributed by atoms with van der Waals surface area (Å²) < 4.78 is 0. The van der Waals surface area contributed by atoms with Gasteiger partial charge in [0, 0.05) is 18.2 Å². The van der Waals surface area contributed by atoms with Gasteiger partial charge in [0.2, 0.25) is 0 Å². The van der Waals surface area contributed by atoms with Crippen molar-refractivity contribution in [1.29, 1.82) is 0 Å². The smallest absolute Gasteiger partial charge is 0.328 e. The van der Waals surface area contributed by atoms with E-state index in [2.05, 4.69) is 5.32 Å². The van der Waals surface area contributed by atoms with E-state index in [0.29, 0.717) is 23.6 Å². The first kappa shape index (κ1) is 14.7. The maximum absolute atomic E-state index is 12.0. The van der Waals surface area contributed by atoms with Gasteiger partial charge in [-0.3, -0.25) is 4.79 Å². The lowest BCUT2D eigenvalue weighted by molar-refractivity contribution is -0.131. The monoisotopic (exact) mass is 291 g/mol. The number of carboxylic acid groups (broad SMARTS) is 1. The molecule has 1 saturated heterocycles. The number of aliphatic carboxylic acids is 1. The van der Waals surface area contributed by atoms with Crippen LogP contribution in [0.4, 0.5) is 0 Å². The standard InChI is InChI=1S/C15H17NO3S/c17-14(18)5-4-11-2-1-3-13(8-11)15(19)16-9-12-6-7-20-10-12/h1-5,8,12H,6-7,9-10H2,(H,16,19)(H,17,18)/b5-4+. The summed E-state index contributed by atoms with van der Waals surface area (Å²) in [4.78, 5) is 22.5. The third kappa shape index (κ3) is 4.42. The average molecular weight is 291 g/mol. The van der Waals surface area contributed by atoms with Gasteiger partial charge in [0.1, 0.15) is 0 Å². The van der Waals surface area contributed by atoms with Crippen LogP contribution < -0.4 is 5.32 Å². The Morgan fingerprint density at radius 1 is 1.45 bits per heavy atom. The lowest BCUT2D eigenvalue weighted by Crippen LogP contribution is -2.29. The normalized spacial score (nSPS) is 18.3. The number of nitrogens with one attached hydrogen (secondary N) is 1. The van der Waals surface area contributed by atoms with Crippen molar-refractivity contribution >= 4 is 29.7 Å². The van der Waals surface area contributed by atoms with E-state index in [1.165, 1.54) is 11.8 Å². The molecule has 1 unspecified atom stereocenters. The highest BCUT2D eigenvalue weighted by Gasteiger charge is 2.16. The quantitative estimate of drug-likeness (QED) is 0.817. The van der Waals surface area contributed by atoms with E-state index in [1.54, 1.807) is 24.3 Å². The van der Waals surface area contributed by atoms with Crippen LogP contribution in [0.2, 0.25) is 0 Å². The fourth-order valence-electron chi connectivity index (χ4n) is 2.03. The minimum Gasteiger partial charge on any atom is -0.478 e. The first-order chi connectivity index (χ1) is 9.65. The number of carboxylic acids is 1. The summed E-state index contributed by atoms with van der Waals surface area (Å²) in [7, 11) is 0. The van der Waals surface area contributed by atoms with Crippen LogP contribution in [0, 0.1) is 5.92 Å². The van der Waals surface area contributed by atoms with Crippen molar-refractivity contribution in [1.82, 2.24) is 5.32 Å². The summed E-state index contributed by atoms with van der Waals surface area (Å²) in [5.41, 5.74) is 1.26. The Labute approximate surface area is 122 Å². The number of hydrogen-bond acceptors (Lipinski definition) is 3. The Hall–Kier alpha value is -1.75. The van der Waals surface area contributed by atoms with E-state index >= 15 is 0 Å². The van der Waals surface area contributed by atoms with Gasteiger partial charge in [0.25, 0.3) is 5.91 Å². The minimum atomic E-state index is -1.00. The van der Waals surface area contributed by atoms with Crippen LogP contribution in [0.1, 0.15) is 22.3 Å². The average Bonchev–Trinajstić information content (AvgIpc) is 2.96. The van der Waals surface area contributed by atoms with Crippen LogP contribution in [0.25, 0.3) is 6.08 Å². The third-order valence-electron chi connectivity index (χ3n) is 3.14. The van der Waals surface area contributed by atoms with Crippen molar-refractivity contribution in [2.45, 2.75) is 6.42 Å². The molecule has 0 aliphatic carbocycles. The van der Waals surface area contributed by atoms with E-state index in [1.807, 2.05) is 11.8 Å². The molecule has 1 fully saturated rings. The molecule has 1 heterocycles. The Morgan fingerprint density at radius 2 is 2.30 bits per heavy atom. The van der Waals surface area contributed by atoms with E-state index in [9.17, 15) is 9.59 Å². The number of rotatable bonds is 5. The van der Waals surface area contributed by atoms with Gasteiger partial charge in [-0.25, -0.2) is 4.79 Å². The number of amides is 1. The molecule has 1 atom stereocenters. The number of thioether (sulfide) groups is 1. The highest BCUT2D eigenvalue weighted by Crippen LogP contribution is 2.22. The molecule has 106 valence electrons. The molecule has 1 amide bonds. The molecule has 5 heteroatoms. The molecule has 2 rings (SSSR count).